The molecule has 64 valence electrons. The number of allylic oxidation sites excluding steroid dienone is 1. The fourth-order valence-corrected chi connectivity index (χ4v) is 2.13. The summed E-state index contributed by atoms with van der Waals surface area (Å²) in [5.41, 5.74) is 0.582. The molecular formula is C9H16ClN. The third-order valence-electron chi connectivity index (χ3n) is 2.79. The Hall–Kier alpha value is -0.0100. The molecule has 0 aromatic heterocycles. The minimum Gasteiger partial charge on any atom is -0.316 e. The van der Waals surface area contributed by atoms with Gasteiger partial charge in [-0.25, -0.2) is 0 Å². The van der Waals surface area contributed by atoms with Crippen molar-refractivity contribution in [3.63, 3.8) is 0 Å². The molecule has 1 nitrogen and oxygen atoms in total. The van der Waals surface area contributed by atoms with Crippen LogP contribution in [-0.4, -0.2) is 13.1 Å². The molecule has 0 bridgehead atoms. The van der Waals surface area contributed by atoms with Crippen LogP contribution >= 0.6 is 12.4 Å². The van der Waals surface area contributed by atoms with E-state index < -0.39 is 0 Å². The third-order valence-corrected chi connectivity index (χ3v) is 2.79. The molecule has 2 aliphatic rings. The fraction of sp³-hybridized carbons (Fsp3) is 0.778. The molecule has 1 N–H and O–H groups in total. The van der Waals surface area contributed by atoms with Crippen LogP contribution in [0, 0.1) is 5.41 Å². The van der Waals surface area contributed by atoms with Crippen molar-refractivity contribution in [2.75, 3.05) is 13.1 Å². The summed E-state index contributed by atoms with van der Waals surface area (Å²) in [6, 6.07) is 0. The summed E-state index contributed by atoms with van der Waals surface area (Å²) in [6.07, 6.45) is 10.2. The van der Waals surface area contributed by atoms with Crippen LogP contribution in [0.2, 0.25) is 0 Å². The molecule has 1 saturated heterocycles. The van der Waals surface area contributed by atoms with E-state index >= 15 is 0 Å². The molecule has 1 unspecified atom stereocenters. The minimum absolute atomic E-state index is 0. The fourth-order valence-electron chi connectivity index (χ4n) is 2.13. The zero-order valence-corrected chi connectivity index (χ0v) is 7.62. The molecule has 1 spiro atoms. The van der Waals surface area contributed by atoms with Crippen LogP contribution in [0.4, 0.5) is 0 Å². The van der Waals surface area contributed by atoms with Crippen molar-refractivity contribution in [3.05, 3.63) is 12.2 Å². The normalized spacial score (nSPS) is 35.6. The van der Waals surface area contributed by atoms with E-state index in [2.05, 4.69) is 17.5 Å². The van der Waals surface area contributed by atoms with Gasteiger partial charge in [-0.05, 0) is 32.2 Å². The van der Waals surface area contributed by atoms with Crippen LogP contribution in [0.5, 0.6) is 0 Å². The van der Waals surface area contributed by atoms with E-state index in [1.807, 2.05) is 0 Å². The Kier molecular flexibility index (Phi) is 2.97. The highest BCUT2D eigenvalue weighted by atomic mass is 35.5. The van der Waals surface area contributed by atoms with Gasteiger partial charge in [0, 0.05) is 12.0 Å². The standard InChI is InChI=1S/C9H15N.ClH/c1-2-5-9(4-1)6-3-7-10-8-9;/h1,4,10H,2-3,5-8H2;1H. The van der Waals surface area contributed by atoms with Crippen molar-refractivity contribution in [1.82, 2.24) is 5.32 Å². The lowest BCUT2D eigenvalue weighted by Crippen LogP contribution is -2.37. The Bertz CT molecular complexity index is 148. The third kappa shape index (κ3) is 1.77. The van der Waals surface area contributed by atoms with E-state index in [9.17, 15) is 0 Å². The molecule has 0 amide bonds. The van der Waals surface area contributed by atoms with Crippen molar-refractivity contribution >= 4 is 12.4 Å². The summed E-state index contributed by atoms with van der Waals surface area (Å²) >= 11 is 0. The van der Waals surface area contributed by atoms with Gasteiger partial charge in [0.05, 0.1) is 0 Å². The first-order valence-electron chi connectivity index (χ1n) is 4.30. The van der Waals surface area contributed by atoms with Gasteiger partial charge in [0.25, 0.3) is 0 Å². The summed E-state index contributed by atoms with van der Waals surface area (Å²) in [6.45, 7) is 2.46. The SMILES string of the molecule is C1=CC2(CC1)CCCNC2.Cl. The molecule has 11 heavy (non-hydrogen) atoms. The Morgan fingerprint density at radius 1 is 1.27 bits per heavy atom. The van der Waals surface area contributed by atoms with Crippen LogP contribution in [0.3, 0.4) is 0 Å². The molecule has 1 aliphatic carbocycles. The predicted molar refractivity (Wildman–Crippen MR) is 50.2 cm³/mol. The summed E-state index contributed by atoms with van der Waals surface area (Å²) in [5, 5.41) is 3.47. The number of rotatable bonds is 0. The second kappa shape index (κ2) is 3.59. The van der Waals surface area contributed by atoms with Crippen molar-refractivity contribution in [1.29, 1.82) is 0 Å². The highest BCUT2D eigenvalue weighted by Crippen LogP contribution is 2.37. The molecule has 2 heteroatoms. The highest BCUT2D eigenvalue weighted by Gasteiger charge is 2.30. The van der Waals surface area contributed by atoms with E-state index in [-0.39, 0.29) is 12.4 Å². The first kappa shape index (κ1) is 9.08. The maximum Gasteiger partial charge on any atom is 0.00426 e. The number of halogens is 1. The molecule has 0 saturated carbocycles. The molecule has 1 heterocycles. The van der Waals surface area contributed by atoms with Crippen molar-refractivity contribution in [2.45, 2.75) is 25.7 Å². The second-order valence-corrected chi connectivity index (χ2v) is 3.58. The van der Waals surface area contributed by atoms with Crippen LogP contribution < -0.4 is 5.32 Å². The van der Waals surface area contributed by atoms with Gasteiger partial charge in [0.1, 0.15) is 0 Å². The smallest absolute Gasteiger partial charge is 0.00426 e. The monoisotopic (exact) mass is 173 g/mol. The van der Waals surface area contributed by atoms with Crippen molar-refractivity contribution in [3.8, 4) is 0 Å². The first-order chi connectivity index (χ1) is 4.91. The van der Waals surface area contributed by atoms with Gasteiger partial charge in [0.2, 0.25) is 0 Å². The van der Waals surface area contributed by atoms with Gasteiger partial charge in [-0.15, -0.1) is 12.4 Å². The number of hydrogen-bond acceptors (Lipinski definition) is 1. The lowest BCUT2D eigenvalue weighted by molar-refractivity contribution is 0.274. The average Bonchev–Trinajstić information content (AvgIpc) is 2.39. The summed E-state index contributed by atoms with van der Waals surface area (Å²) in [5.74, 6) is 0. The van der Waals surface area contributed by atoms with Gasteiger partial charge in [-0.1, -0.05) is 12.2 Å². The summed E-state index contributed by atoms with van der Waals surface area (Å²) in [4.78, 5) is 0. The molecule has 1 atom stereocenters. The van der Waals surface area contributed by atoms with Gasteiger partial charge in [0.15, 0.2) is 0 Å². The summed E-state index contributed by atoms with van der Waals surface area (Å²) < 4.78 is 0. The zero-order valence-electron chi connectivity index (χ0n) is 6.81. The van der Waals surface area contributed by atoms with Crippen LogP contribution in [0.15, 0.2) is 12.2 Å². The number of nitrogens with one attached hydrogen (secondary N) is 1. The van der Waals surface area contributed by atoms with Gasteiger partial charge in [-0.2, -0.15) is 0 Å². The topological polar surface area (TPSA) is 12.0 Å². The van der Waals surface area contributed by atoms with E-state index in [1.165, 1.54) is 38.8 Å². The maximum absolute atomic E-state index is 3.47. The maximum atomic E-state index is 3.47. The Labute approximate surface area is 74.7 Å². The minimum atomic E-state index is 0. The Balaban J connectivity index is 0.000000605. The predicted octanol–water partition coefficient (Wildman–Crippen LogP) is 2.13. The van der Waals surface area contributed by atoms with E-state index in [4.69, 9.17) is 0 Å². The molecule has 0 aromatic rings. The van der Waals surface area contributed by atoms with Crippen molar-refractivity contribution < 1.29 is 0 Å². The van der Waals surface area contributed by atoms with E-state index in [0.29, 0.717) is 5.41 Å². The lowest BCUT2D eigenvalue weighted by atomic mass is 9.80. The number of hydrogen-bond donors (Lipinski definition) is 1. The van der Waals surface area contributed by atoms with Gasteiger partial charge >= 0.3 is 0 Å². The second-order valence-electron chi connectivity index (χ2n) is 3.58. The molecule has 0 radical (unpaired) electrons. The quantitative estimate of drug-likeness (QED) is 0.554. The molecule has 1 aliphatic heterocycles. The Morgan fingerprint density at radius 2 is 2.18 bits per heavy atom. The average molecular weight is 174 g/mol. The van der Waals surface area contributed by atoms with E-state index in [1.54, 1.807) is 0 Å². The van der Waals surface area contributed by atoms with E-state index in [0.717, 1.165) is 0 Å². The first-order valence-corrected chi connectivity index (χ1v) is 4.30. The van der Waals surface area contributed by atoms with Crippen LogP contribution in [0.25, 0.3) is 0 Å². The van der Waals surface area contributed by atoms with Crippen LogP contribution in [0.1, 0.15) is 25.7 Å². The molecule has 2 rings (SSSR count). The van der Waals surface area contributed by atoms with Gasteiger partial charge in [-0.3, -0.25) is 0 Å². The highest BCUT2D eigenvalue weighted by molar-refractivity contribution is 5.85. The zero-order chi connectivity index (χ0) is 6.86. The largest absolute Gasteiger partial charge is 0.316 e. The van der Waals surface area contributed by atoms with Crippen molar-refractivity contribution in [2.24, 2.45) is 5.41 Å². The number of piperidine rings is 1. The van der Waals surface area contributed by atoms with Gasteiger partial charge < -0.3 is 5.32 Å². The molecule has 1 fully saturated rings. The molecule has 0 aromatic carbocycles. The lowest BCUT2D eigenvalue weighted by Gasteiger charge is -2.32. The summed E-state index contributed by atoms with van der Waals surface area (Å²) in [7, 11) is 0. The van der Waals surface area contributed by atoms with Crippen LogP contribution in [-0.2, 0) is 0 Å². The Morgan fingerprint density at radius 3 is 2.73 bits per heavy atom. The molecular weight excluding hydrogens is 158 g/mol.